The molecule has 0 N–H and O–H groups in total. The second-order valence-electron chi connectivity index (χ2n) is 4.88. The molecular weight excluding hydrogens is 362 g/mol. The molecule has 7 nitrogen and oxygen atoms in total. The van der Waals surface area contributed by atoms with Crippen molar-refractivity contribution in [2.45, 2.75) is 18.6 Å². The summed E-state index contributed by atoms with van der Waals surface area (Å²) >= 11 is 2.53. The van der Waals surface area contributed by atoms with Crippen molar-refractivity contribution in [2.75, 3.05) is 12.4 Å². The van der Waals surface area contributed by atoms with Crippen LogP contribution in [-0.4, -0.2) is 38.9 Å². The summed E-state index contributed by atoms with van der Waals surface area (Å²) in [4.78, 5) is 24.2. The van der Waals surface area contributed by atoms with E-state index in [1.807, 2.05) is 11.5 Å². The van der Waals surface area contributed by atoms with Gasteiger partial charge in [0.15, 0.2) is 23.3 Å². The molecule has 3 aromatic rings. The van der Waals surface area contributed by atoms with E-state index < -0.39 is 5.97 Å². The number of carbonyl (C=O) groups is 2. The smallest absolute Gasteiger partial charge is 0.316 e. The average molecular weight is 377 g/mol. The number of thiophene rings is 1. The third-order valence-corrected chi connectivity index (χ3v) is 5.11. The van der Waals surface area contributed by atoms with E-state index in [-0.39, 0.29) is 18.1 Å². The fourth-order valence-electron chi connectivity index (χ4n) is 2.09. The van der Waals surface area contributed by atoms with Gasteiger partial charge in [0, 0.05) is 6.54 Å². The van der Waals surface area contributed by atoms with E-state index in [0.717, 1.165) is 0 Å². The molecule has 0 fully saturated rings. The summed E-state index contributed by atoms with van der Waals surface area (Å²) in [5.74, 6) is 0.598. The number of rotatable bonds is 8. The lowest BCUT2D eigenvalue weighted by molar-refractivity contribution is -0.139. The van der Waals surface area contributed by atoms with E-state index in [4.69, 9.17) is 9.15 Å². The lowest BCUT2D eigenvalue weighted by Crippen LogP contribution is -2.15. The van der Waals surface area contributed by atoms with Crippen LogP contribution in [0, 0.1) is 0 Å². The predicted molar refractivity (Wildman–Crippen MR) is 93.7 cm³/mol. The van der Waals surface area contributed by atoms with Crippen molar-refractivity contribution < 1.29 is 18.7 Å². The number of aromatic nitrogens is 3. The molecule has 0 saturated carbocycles. The molecule has 0 bridgehead atoms. The van der Waals surface area contributed by atoms with Gasteiger partial charge in [-0.15, -0.1) is 21.5 Å². The number of Topliss-reactive ketones (excluding diaryl/α,β-unsaturated/α-hetero) is 1. The number of furan rings is 1. The first-order valence-electron chi connectivity index (χ1n) is 7.51. The lowest BCUT2D eigenvalue weighted by Gasteiger charge is -2.06. The second-order valence-corrected chi connectivity index (χ2v) is 6.77. The SMILES string of the molecule is CCn1c(SCC(=O)OCC(=O)c2cccs2)nnc1-c1ccco1. The number of esters is 1. The van der Waals surface area contributed by atoms with Crippen molar-refractivity contribution in [3.05, 3.63) is 40.8 Å². The highest BCUT2D eigenvalue weighted by Gasteiger charge is 2.17. The molecule has 0 unspecified atom stereocenters. The molecule has 0 atom stereocenters. The van der Waals surface area contributed by atoms with Crippen molar-refractivity contribution in [1.29, 1.82) is 0 Å². The van der Waals surface area contributed by atoms with Crippen LogP contribution in [-0.2, 0) is 16.1 Å². The quantitative estimate of drug-likeness (QED) is 0.338. The van der Waals surface area contributed by atoms with E-state index in [1.165, 1.54) is 23.1 Å². The Kier molecular flexibility index (Phi) is 5.67. The summed E-state index contributed by atoms with van der Waals surface area (Å²) in [6.45, 7) is 2.34. The summed E-state index contributed by atoms with van der Waals surface area (Å²) in [7, 11) is 0. The minimum absolute atomic E-state index is 0.0496. The Morgan fingerprint density at radius 3 is 2.88 bits per heavy atom. The Labute approximate surface area is 152 Å². The number of hydrogen-bond acceptors (Lipinski definition) is 8. The molecule has 130 valence electrons. The third kappa shape index (κ3) is 4.18. The van der Waals surface area contributed by atoms with Crippen molar-refractivity contribution in [3.8, 4) is 11.6 Å². The number of ketones is 1. The second kappa shape index (κ2) is 8.13. The highest BCUT2D eigenvalue weighted by molar-refractivity contribution is 7.99. The number of thioether (sulfide) groups is 1. The van der Waals surface area contributed by atoms with Crippen molar-refractivity contribution >= 4 is 34.9 Å². The molecule has 3 heterocycles. The molecule has 25 heavy (non-hydrogen) atoms. The summed E-state index contributed by atoms with van der Waals surface area (Å²) in [5.41, 5.74) is 0. The first kappa shape index (κ1) is 17.4. The van der Waals surface area contributed by atoms with Crippen LogP contribution in [0.25, 0.3) is 11.6 Å². The van der Waals surface area contributed by atoms with Gasteiger partial charge in [-0.3, -0.25) is 14.2 Å². The minimum Gasteiger partial charge on any atom is -0.461 e. The van der Waals surface area contributed by atoms with Crippen LogP contribution < -0.4 is 0 Å². The van der Waals surface area contributed by atoms with E-state index in [2.05, 4.69) is 10.2 Å². The van der Waals surface area contributed by atoms with E-state index in [0.29, 0.717) is 28.2 Å². The van der Waals surface area contributed by atoms with Crippen LogP contribution in [0.4, 0.5) is 0 Å². The molecule has 0 aromatic carbocycles. The van der Waals surface area contributed by atoms with E-state index in [9.17, 15) is 9.59 Å². The third-order valence-electron chi connectivity index (χ3n) is 3.25. The minimum atomic E-state index is -0.472. The van der Waals surface area contributed by atoms with Crippen LogP contribution in [0.15, 0.2) is 45.5 Å². The molecule has 0 amide bonds. The van der Waals surface area contributed by atoms with Crippen LogP contribution in [0.3, 0.4) is 0 Å². The maximum Gasteiger partial charge on any atom is 0.316 e. The van der Waals surface area contributed by atoms with Gasteiger partial charge in [0.25, 0.3) is 0 Å². The van der Waals surface area contributed by atoms with Gasteiger partial charge in [-0.2, -0.15) is 0 Å². The van der Waals surface area contributed by atoms with E-state index >= 15 is 0 Å². The fourth-order valence-corrected chi connectivity index (χ4v) is 3.54. The highest BCUT2D eigenvalue weighted by atomic mass is 32.2. The number of nitrogens with zero attached hydrogens (tertiary/aromatic N) is 3. The molecule has 3 rings (SSSR count). The molecule has 0 saturated heterocycles. The Bertz CT molecular complexity index is 841. The molecule has 3 aromatic heterocycles. The van der Waals surface area contributed by atoms with Gasteiger partial charge in [0.05, 0.1) is 16.9 Å². The van der Waals surface area contributed by atoms with Gasteiger partial charge in [-0.05, 0) is 30.5 Å². The number of ether oxygens (including phenoxy) is 1. The highest BCUT2D eigenvalue weighted by Crippen LogP contribution is 2.24. The van der Waals surface area contributed by atoms with E-state index in [1.54, 1.807) is 35.9 Å². The van der Waals surface area contributed by atoms with Crippen molar-refractivity contribution in [2.24, 2.45) is 0 Å². The van der Waals surface area contributed by atoms with Gasteiger partial charge in [-0.1, -0.05) is 17.8 Å². The molecule has 0 radical (unpaired) electrons. The molecule has 0 aliphatic rings. The first-order valence-corrected chi connectivity index (χ1v) is 9.37. The summed E-state index contributed by atoms with van der Waals surface area (Å²) in [6, 6.07) is 7.06. The number of hydrogen-bond donors (Lipinski definition) is 0. The molecule has 0 aliphatic carbocycles. The van der Waals surface area contributed by atoms with Crippen LogP contribution in [0.5, 0.6) is 0 Å². The number of carbonyl (C=O) groups excluding carboxylic acids is 2. The standard InChI is InChI=1S/C16H15N3O4S2/c1-2-19-15(12-5-3-7-22-12)17-18-16(19)25-10-14(21)23-9-11(20)13-6-4-8-24-13/h3-8H,2,9-10H2,1H3. The molecule has 0 aliphatic heterocycles. The zero-order chi connectivity index (χ0) is 17.6. The molecule has 9 heteroatoms. The summed E-state index contributed by atoms with van der Waals surface area (Å²) in [6.07, 6.45) is 1.57. The lowest BCUT2D eigenvalue weighted by atomic mass is 10.3. The van der Waals surface area contributed by atoms with Gasteiger partial charge in [0.2, 0.25) is 5.78 Å². The Morgan fingerprint density at radius 1 is 1.32 bits per heavy atom. The zero-order valence-electron chi connectivity index (χ0n) is 13.4. The molecule has 0 spiro atoms. The molecular formula is C16H15N3O4S2. The monoisotopic (exact) mass is 377 g/mol. The maximum atomic E-state index is 11.9. The largest absolute Gasteiger partial charge is 0.461 e. The maximum absolute atomic E-state index is 11.9. The van der Waals surface area contributed by atoms with Gasteiger partial charge < -0.3 is 9.15 Å². The topological polar surface area (TPSA) is 87.2 Å². The average Bonchev–Trinajstić information content (AvgIpc) is 3.38. The van der Waals surface area contributed by atoms with Crippen molar-refractivity contribution in [3.63, 3.8) is 0 Å². The fraction of sp³-hybridized carbons (Fsp3) is 0.250. The summed E-state index contributed by atoms with van der Waals surface area (Å²) in [5, 5.41) is 10.6. The Balaban J connectivity index is 1.55. The van der Waals surface area contributed by atoms with Crippen LogP contribution in [0.1, 0.15) is 16.6 Å². The van der Waals surface area contributed by atoms with Crippen LogP contribution >= 0.6 is 23.1 Å². The summed E-state index contributed by atoms with van der Waals surface area (Å²) < 4.78 is 12.2. The Morgan fingerprint density at radius 2 is 2.20 bits per heavy atom. The van der Waals surface area contributed by atoms with Gasteiger partial charge in [-0.25, -0.2) is 0 Å². The normalized spacial score (nSPS) is 10.8. The Hall–Kier alpha value is -2.39. The first-order chi connectivity index (χ1) is 12.2. The predicted octanol–water partition coefficient (Wildman–Crippen LogP) is 3.14. The van der Waals surface area contributed by atoms with Crippen molar-refractivity contribution in [1.82, 2.24) is 14.8 Å². The van der Waals surface area contributed by atoms with Gasteiger partial charge >= 0.3 is 5.97 Å². The van der Waals surface area contributed by atoms with Gasteiger partial charge in [0.1, 0.15) is 0 Å². The zero-order valence-corrected chi connectivity index (χ0v) is 15.0. The van der Waals surface area contributed by atoms with Crippen LogP contribution in [0.2, 0.25) is 0 Å².